The van der Waals surface area contributed by atoms with Gasteiger partial charge in [-0.3, -0.25) is 14.4 Å². The molecule has 1 aromatic heterocycles. The van der Waals surface area contributed by atoms with E-state index in [9.17, 15) is 23.2 Å². The normalized spacial score (nSPS) is 14.1. The zero-order valence-electron chi connectivity index (χ0n) is 14.9. The van der Waals surface area contributed by atoms with Crippen LogP contribution in [0.3, 0.4) is 0 Å². The monoisotopic (exact) mass is 408 g/mol. The number of aromatic nitrogens is 1. The van der Waals surface area contributed by atoms with E-state index in [0.29, 0.717) is 5.13 Å². The van der Waals surface area contributed by atoms with E-state index in [2.05, 4.69) is 10.3 Å². The number of anilines is 1. The number of hydrogen-bond donors (Lipinski definition) is 1. The summed E-state index contributed by atoms with van der Waals surface area (Å²) in [4.78, 5) is 43.3. The van der Waals surface area contributed by atoms with Crippen LogP contribution in [0.1, 0.15) is 23.2 Å². The summed E-state index contributed by atoms with van der Waals surface area (Å²) in [6.07, 6.45) is 1.63. The van der Waals surface area contributed by atoms with E-state index in [1.807, 2.05) is 0 Å². The van der Waals surface area contributed by atoms with Crippen LogP contribution in [0, 0.1) is 11.6 Å². The number of halogens is 2. The van der Waals surface area contributed by atoms with Crippen molar-refractivity contribution in [3.8, 4) is 0 Å². The van der Waals surface area contributed by atoms with Crippen LogP contribution in [0.25, 0.3) is 0 Å². The smallest absolute Gasteiger partial charge is 0.259 e. The molecule has 3 amide bonds. The number of hydrogen-bond acceptors (Lipinski definition) is 5. The van der Waals surface area contributed by atoms with Crippen molar-refractivity contribution >= 4 is 34.2 Å². The Balaban J connectivity index is 1.47. The second-order valence-corrected chi connectivity index (χ2v) is 7.05. The number of nitrogens with zero attached hydrogens (tertiary/aromatic N) is 3. The summed E-state index contributed by atoms with van der Waals surface area (Å²) in [7, 11) is 0. The van der Waals surface area contributed by atoms with Crippen LogP contribution in [-0.2, 0) is 9.59 Å². The highest BCUT2D eigenvalue weighted by molar-refractivity contribution is 7.13. The highest BCUT2D eigenvalue weighted by Gasteiger charge is 2.28. The predicted octanol–water partition coefficient (Wildman–Crippen LogP) is 2.12. The molecular formula is C18H18F2N4O3S. The van der Waals surface area contributed by atoms with Gasteiger partial charge in [0, 0.05) is 50.6 Å². The maximum atomic E-state index is 13.8. The van der Waals surface area contributed by atoms with E-state index in [0.717, 1.165) is 12.1 Å². The zero-order valence-corrected chi connectivity index (χ0v) is 15.7. The molecule has 28 heavy (non-hydrogen) atoms. The summed E-state index contributed by atoms with van der Waals surface area (Å²) >= 11 is 1.29. The maximum Gasteiger partial charge on any atom is 0.259 e. The summed E-state index contributed by atoms with van der Waals surface area (Å²) < 4.78 is 27.6. The SMILES string of the molecule is O=C(CCC(=O)N1CCN(C(=O)c2c(F)cccc2F)CC1)Nc1nccs1. The summed E-state index contributed by atoms with van der Waals surface area (Å²) in [6.45, 7) is 0.830. The largest absolute Gasteiger partial charge is 0.339 e. The third-order valence-corrected chi connectivity index (χ3v) is 5.03. The van der Waals surface area contributed by atoms with Gasteiger partial charge in [-0.15, -0.1) is 11.3 Å². The fourth-order valence-corrected chi connectivity index (χ4v) is 3.41. The van der Waals surface area contributed by atoms with E-state index < -0.39 is 23.1 Å². The van der Waals surface area contributed by atoms with Gasteiger partial charge in [-0.2, -0.15) is 0 Å². The van der Waals surface area contributed by atoms with E-state index >= 15 is 0 Å². The lowest BCUT2D eigenvalue weighted by atomic mass is 10.1. The Morgan fingerprint density at radius 3 is 2.29 bits per heavy atom. The first-order chi connectivity index (χ1) is 13.5. The van der Waals surface area contributed by atoms with E-state index in [4.69, 9.17) is 0 Å². The van der Waals surface area contributed by atoms with Gasteiger partial charge in [-0.25, -0.2) is 13.8 Å². The minimum Gasteiger partial charge on any atom is -0.339 e. The molecule has 1 aliphatic heterocycles. The number of amides is 3. The highest BCUT2D eigenvalue weighted by atomic mass is 32.1. The third-order valence-electron chi connectivity index (χ3n) is 4.34. The van der Waals surface area contributed by atoms with Gasteiger partial charge in [0.05, 0.1) is 0 Å². The Morgan fingerprint density at radius 2 is 1.68 bits per heavy atom. The van der Waals surface area contributed by atoms with E-state index in [1.165, 1.54) is 27.2 Å². The number of carbonyl (C=O) groups excluding carboxylic acids is 3. The Kier molecular flexibility index (Phi) is 6.30. The molecule has 7 nitrogen and oxygen atoms in total. The Labute approximate surface area is 164 Å². The molecule has 0 unspecified atom stereocenters. The van der Waals surface area contributed by atoms with Gasteiger partial charge in [-0.1, -0.05) is 6.07 Å². The lowest BCUT2D eigenvalue weighted by molar-refractivity contribution is -0.134. The summed E-state index contributed by atoms with van der Waals surface area (Å²) in [5.41, 5.74) is -0.582. The molecule has 2 aromatic rings. The average Bonchev–Trinajstić information content (AvgIpc) is 3.19. The molecule has 10 heteroatoms. The number of rotatable bonds is 5. The first-order valence-corrected chi connectivity index (χ1v) is 9.54. The van der Waals surface area contributed by atoms with Crippen LogP contribution in [0.5, 0.6) is 0 Å². The summed E-state index contributed by atoms with van der Waals surface area (Å²) in [5, 5.41) is 4.81. The first-order valence-electron chi connectivity index (χ1n) is 8.66. The molecule has 1 saturated heterocycles. The molecule has 1 fully saturated rings. The van der Waals surface area contributed by atoms with Gasteiger partial charge in [0.25, 0.3) is 5.91 Å². The Morgan fingerprint density at radius 1 is 1.04 bits per heavy atom. The third kappa shape index (κ3) is 4.69. The maximum absolute atomic E-state index is 13.8. The fourth-order valence-electron chi connectivity index (χ4n) is 2.86. The molecule has 0 bridgehead atoms. The topological polar surface area (TPSA) is 82.6 Å². The van der Waals surface area contributed by atoms with Crippen molar-refractivity contribution in [1.82, 2.24) is 14.8 Å². The van der Waals surface area contributed by atoms with Gasteiger partial charge in [0.1, 0.15) is 17.2 Å². The second-order valence-electron chi connectivity index (χ2n) is 6.16. The number of nitrogens with one attached hydrogen (secondary N) is 1. The molecule has 0 atom stereocenters. The van der Waals surface area contributed by atoms with Gasteiger partial charge in [-0.05, 0) is 12.1 Å². The molecule has 0 spiro atoms. The Bertz CT molecular complexity index is 847. The molecule has 2 heterocycles. The predicted molar refractivity (Wildman–Crippen MR) is 98.8 cm³/mol. The summed E-state index contributed by atoms with van der Waals surface area (Å²) in [6, 6.07) is 3.27. The minimum atomic E-state index is -0.908. The van der Waals surface area contributed by atoms with Crippen LogP contribution in [-0.4, -0.2) is 58.7 Å². The van der Waals surface area contributed by atoms with Crippen molar-refractivity contribution in [3.05, 3.63) is 47.0 Å². The van der Waals surface area contributed by atoms with Crippen molar-refractivity contribution in [1.29, 1.82) is 0 Å². The molecule has 148 valence electrons. The molecule has 0 aliphatic carbocycles. The average molecular weight is 408 g/mol. The van der Waals surface area contributed by atoms with Crippen LogP contribution in [0.4, 0.5) is 13.9 Å². The minimum absolute atomic E-state index is 0.0258. The molecule has 0 saturated carbocycles. The van der Waals surface area contributed by atoms with Crippen LogP contribution < -0.4 is 5.32 Å². The number of thiazole rings is 1. The highest BCUT2D eigenvalue weighted by Crippen LogP contribution is 2.17. The van der Waals surface area contributed by atoms with Gasteiger partial charge in [0.2, 0.25) is 11.8 Å². The molecule has 1 aromatic carbocycles. The molecule has 3 rings (SSSR count). The molecular weight excluding hydrogens is 390 g/mol. The fraction of sp³-hybridized carbons (Fsp3) is 0.333. The zero-order chi connectivity index (χ0) is 20.1. The van der Waals surface area contributed by atoms with E-state index in [-0.39, 0.29) is 50.8 Å². The Hall–Kier alpha value is -2.88. The second kappa shape index (κ2) is 8.87. The van der Waals surface area contributed by atoms with Crippen LogP contribution in [0.2, 0.25) is 0 Å². The first kappa shape index (κ1) is 19.9. The number of piperazine rings is 1. The molecule has 0 radical (unpaired) electrons. The van der Waals surface area contributed by atoms with Crippen molar-refractivity contribution in [3.63, 3.8) is 0 Å². The van der Waals surface area contributed by atoms with Crippen molar-refractivity contribution in [2.75, 3.05) is 31.5 Å². The van der Waals surface area contributed by atoms with E-state index in [1.54, 1.807) is 11.6 Å². The lowest BCUT2D eigenvalue weighted by Gasteiger charge is -2.35. The van der Waals surface area contributed by atoms with Crippen LogP contribution in [0.15, 0.2) is 29.8 Å². The van der Waals surface area contributed by atoms with Crippen LogP contribution >= 0.6 is 11.3 Å². The standard InChI is InChI=1S/C18H18F2N4O3S/c19-12-2-1-3-13(20)16(12)17(27)24-9-7-23(8-10-24)15(26)5-4-14(25)22-18-21-6-11-28-18/h1-3,6,11H,4-5,7-10H2,(H,21,22,25). The van der Waals surface area contributed by atoms with Crippen molar-refractivity contribution in [2.24, 2.45) is 0 Å². The number of benzene rings is 1. The lowest BCUT2D eigenvalue weighted by Crippen LogP contribution is -2.51. The van der Waals surface area contributed by atoms with Gasteiger partial charge in [0.15, 0.2) is 5.13 Å². The van der Waals surface area contributed by atoms with Gasteiger partial charge < -0.3 is 15.1 Å². The van der Waals surface area contributed by atoms with Crippen molar-refractivity contribution in [2.45, 2.75) is 12.8 Å². The van der Waals surface area contributed by atoms with Gasteiger partial charge >= 0.3 is 0 Å². The molecule has 1 N–H and O–H groups in total. The quantitative estimate of drug-likeness (QED) is 0.822. The van der Waals surface area contributed by atoms with Crippen molar-refractivity contribution < 1.29 is 23.2 Å². The molecule has 1 aliphatic rings. The summed E-state index contributed by atoms with van der Waals surface area (Å²) in [5.74, 6) is -3.05. The number of carbonyl (C=O) groups is 3.